The van der Waals surface area contributed by atoms with Gasteiger partial charge >= 0.3 is 0 Å². The van der Waals surface area contributed by atoms with Gasteiger partial charge in [-0.3, -0.25) is 4.79 Å². The number of amides is 1. The molecule has 0 bridgehead atoms. The molecule has 1 aliphatic rings. The zero-order valence-electron chi connectivity index (χ0n) is 11.0. The molecule has 6 nitrogen and oxygen atoms in total. The van der Waals surface area contributed by atoms with Gasteiger partial charge in [0.2, 0.25) is 15.9 Å². The van der Waals surface area contributed by atoms with Crippen molar-refractivity contribution in [1.29, 1.82) is 0 Å². The van der Waals surface area contributed by atoms with E-state index in [0.717, 1.165) is 4.31 Å². The minimum atomic E-state index is -3.80. The van der Waals surface area contributed by atoms with Crippen molar-refractivity contribution in [2.24, 2.45) is 5.73 Å². The van der Waals surface area contributed by atoms with Crippen molar-refractivity contribution in [3.63, 3.8) is 0 Å². The standard InChI is InChI=1S/C12H16ClN3O3S/c1-7-5-8(6-9(14)11(7)13)20(18,19)16-4-2-3-10(16)12(15)17/h5-6,10H,2-4,14H2,1H3,(H2,15,17). The molecule has 0 aromatic heterocycles. The van der Waals surface area contributed by atoms with Crippen LogP contribution in [0.1, 0.15) is 18.4 Å². The molecule has 1 atom stereocenters. The fraction of sp³-hybridized carbons (Fsp3) is 0.417. The van der Waals surface area contributed by atoms with Crippen LogP contribution in [0.2, 0.25) is 5.02 Å². The first-order chi connectivity index (χ1) is 9.25. The molecule has 1 fully saturated rings. The maximum absolute atomic E-state index is 12.6. The van der Waals surface area contributed by atoms with Crippen LogP contribution >= 0.6 is 11.6 Å². The van der Waals surface area contributed by atoms with Crippen LogP contribution < -0.4 is 11.5 Å². The van der Waals surface area contributed by atoms with Crippen molar-refractivity contribution in [3.8, 4) is 0 Å². The van der Waals surface area contributed by atoms with Gasteiger partial charge in [0.25, 0.3) is 0 Å². The van der Waals surface area contributed by atoms with E-state index in [1.807, 2.05) is 0 Å². The Morgan fingerprint density at radius 3 is 2.65 bits per heavy atom. The number of halogens is 1. The van der Waals surface area contributed by atoms with Crippen molar-refractivity contribution >= 4 is 33.2 Å². The number of anilines is 1. The van der Waals surface area contributed by atoms with Crippen LogP contribution in [0.15, 0.2) is 17.0 Å². The maximum atomic E-state index is 12.6. The zero-order valence-corrected chi connectivity index (χ0v) is 12.5. The first-order valence-corrected chi connectivity index (χ1v) is 7.93. The summed E-state index contributed by atoms with van der Waals surface area (Å²) in [6.07, 6.45) is 1.05. The van der Waals surface area contributed by atoms with E-state index in [4.69, 9.17) is 23.1 Å². The van der Waals surface area contributed by atoms with Crippen molar-refractivity contribution in [1.82, 2.24) is 4.31 Å². The summed E-state index contributed by atoms with van der Waals surface area (Å²) in [6.45, 7) is 1.95. The summed E-state index contributed by atoms with van der Waals surface area (Å²) in [5, 5.41) is 0.330. The largest absolute Gasteiger partial charge is 0.397 e. The normalized spacial score (nSPS) is 20.2. The Balaban J connectivity index is 2.48. The number of carbonyl (C=O) groups excluding carboxylic acids is 1. The first kappa shape index (κ1) is 15.1. The third-order valence-electron chi connectivity index (χ3n) is 3.39. The number of nitrogens with zero attached hydrogens (tertiary/aromatic N) is 1. The number of hydrogen-bond acceptors (Lipinski definition) is 4. The molecule has 1 amide bonds. The summed E-state index contributed by atoms with van der Waals surface area (Å²) >= 11 is 5.93. The van der Waals surface area contributed by atoms with E-state index in [9.17, 15) is 13.2 Å². The molecule has 1 aromatic rings. The molecule has 1 saturated heterocycles. The molecule has 1 unspecified atom stereocenters. The molecule has 1 heterocycles. The Kier molecular flexibility index (Phi) is 3.95. The lowest BCUT2D eigenvalue weighted by Gasteiger charge is -2.22. The maximum Gasteiger partial charge on any atom is 0.243 e. The molecule has 1 aromatic carbocycles. The van der Waals surface area contributed by atoms with Gasteiger partial charge in [-0.25, -0.2) is 8.42 Å². The van der Waals surface area contributed by atoms with E-state index in [-0.39, 0.29) is 17.1 Å². The second-order valence-corrected chi connectivity index (χ2v) is 7.09. The Labute approximate surface area is 122 Å². The van der Waals surface area contributed by atoms with Gasteiger partial charge in [-0.2, -0.15) is 4.31 Å². The van der Waals surface area contributed by atoms with Crippen LogP contribution in [0, 0.1) is 6.92 Å². The Morgan fingerprint density at radius 1 is 1.45 bits per heavy atom. The number of primary amides is 1. The Hall–Kier alpha value is -1.31. The predicted molar refractivity (Wildman–Crippen MR) is 76.7 cm³/mol. The number of aryl methyl sites for hydroxylation is 1. The molecule has 0 aliphatic carbocycles. The highest BCUT2D eigenvalue weighted by Crippen LogP contribution is 2.31. The third-order valence-corrected chi connectivity index (χ3v) is 5.80. The lowest BCUT2D eigenvalue weighted by Crippen LogP contribution is -2.43. The molecule has 0 spiro atoms. The van der Waals surface area contributed by atoms with Crippen LogP contribution in [0.5, 0.6) is 0 Å². The zero-order chi connectivity index (χ0) is 15.1. The predicted octanol–water partition coefficient (Wildman–Crippen LogP) is 0.869. The van der Waals surface area contributed by atoms with Gasteiger partial charge in [0.1, 0.15) is 6.04 Å². The SMILES string of the molecule is Cc1cc(S(=O)(=O)N2CCCC2C(N)=O)cc(N)c1Cl. The molecular weight excluding hydrogens is 302 g/mol. The average Bonchev–Trinajstić information content (AvgIpc) is 2.85. The first-order valence-electron chi connectivity index (χ1n) is 6.12. The molecule has 20 heavy (non-hydrogen) atoms. The van der Waals surface area contributed by atoms with E-state index in [1.54, 1.807) is 6.92 Å². The second kappa shape index (κ2) is 5.23. The topological polar surface area (TPSA) is 106 Å². The molecular formula is C12H16ClN3O3S. The number of rotatable bonds is 3. The van der Waals surface area contributed by atoms with E-state index in [1.165, 1.54) is 12.1 Å². The van der Waals surface area contributed by atoms with Gasteiger partial charge < -0.3 is 11.5 Å². The van der Waals surface area contributed by atoms with Crippen molar-refractivity contribution in [2.75, 3.05) is 12.3 Å². The monoisotopic (exact) mass is 317 g/mol. The summed E-state index contributed by atoms with van der Waals surface area (Å²) < 4.78 is 26.3. The number of hydrogen-bond donors (Lipinski definition) is 2. The minimum Gasteiger partial charge on any atom is -0.397 e. The van der Waals surface area contributed by atoms with Gasteiger partial charge in [-0.15, -0.1) is 0 Å². The molecule has 8 heteroatoms. The molecule has 0 saturated carbocycles. The van der Waals surface area contributed by atoms with Crippen molar-refractivity contribution in [2.45, 2.75) is 30.7 Å². The molecule has 1 aliphatic heterocycles. The van der Waals surface area contributed by atoms with Gasteiger partial charge in [0.05, 0.1) is 15.6 Å². The molecule has 110 valence electrons. The summed E-state index contributed by atoms with van der Waals surface area (Å²) in [5.74, 6) is -0.635. The summed E-state index contributed by atoms with van der Waals surface area (Å²) in [6, 6.07) is 1.96. The number of carbonyl (C=O) groups is 1. The smallest absolute Gasteiger partial charge is 0.243 e. The molecule has 4 N–H and O–H groups in total. The molecule has 2 rings (SSSR count). The van der Waals surface area contributed by atoms with Gasteiger partial charge in [0.15, 0.2) is 0 Å². The minimum absolute atomic E-state index is 0.0325. The van der Waals surface area contributed by atoms with E-state index < -0.39 is 22.0 Å². The van der Waals surface area contributed by atoms with Gasteiger partial charge in [-0.1, -0.05) is 11.6 Å². The highest BCUT2D eigenvalue weighted by Gasteiger charge is 2.38. The summed E-state index contributed by atoms with van der Waals surface area (Å²) in [5.41, 5.74) is 11.7. The summed E-state index contributed by atoms with van der Waals surface area (Å²) in [7, 11) is -3.80. The van der Waals surface area contributed by atoms with Gasteiger partial charge in [0, 0.05) is 6.54 Å². The van der Waals surface area contributed by atoms with Gasteiger partial charge in [-0.05, 0) is 37.5 Å². The Bertz CT molecular complexity index is 637. The fourth-order valence-corrected chi connectivity index (χ4v) is 4.25. The fourth-order valence-electron chi connectivity index (χ4n) is 2.36. The lowest BCUT2D eigenvalue weighted by atomic mass is 10.2. The number of nitrogen functional groups attached to an aromatic ring is 1. The quantitative estimate of drug-likeness (QED) is 0.806. The number of sulfonamides is 1. The van der Waals surface area contributed by atoms with E-state index in [0.29, 0.717) is 23.4 Å². The lowest BCUT2D eigenvalue weighted by molar-refractivity contribution is -0.121. The average molecular weight is 318 g/mol. The Morgan fingerprint density at radius 2 is 2.10 bits per heavy atom. The number of benzene rings is 1. The van der Waals surface area contributed by atoms with E-state index in [2.05, 4.69) is 0 Å². The van der Waals surface area contributed by atoms with Crippen molar-refractivity contribution in [3.05, 3.63) is 22.7 Å². The van der Waals surface area contributed by atoms with Crippen LogP contribution in [0.25, 0.3) is 0 Å². The van der Waals surface area contributed by atoms with Crippen LogP contribution in [0.3, 0.4) is 0 Å². The third kappa shape index (κ3) is 2.48. The van der Waals surface area contributed by atoms with Crippen LogP contribution in [-0.4, -0.2) is 31.2 Å². The van der Waals surface area contributed by atoms with Crippen LogP contribution in [-0.2, 0) is 14.8 Å². The number of nitrogens with two attached hydrogens (primary N) is 2. The second-order valence-electron chi connectivity index (χ2n) is 4.82. The molecule has 0 radical (unpaired) electrons. The van der Waals surface area contributed by atoms with Crippen molar-refractivity contribution < 1.29 is 13.2 Å². The highest BCUT2D eigenvalue weighted by atomic mass is 35.5. The van der Waals surface area contributed by atoms with E-state index >= 15 is 0 Å². The highest BCUT2D eigenvalue weighted by molar-refractivity contribution is 7.89. The van der Waals surface area contributed by atoms with Crippen LogP contribution in [0.4, 0.5) is 5.69 Å². The summed E-state index contributed by atoms with van der Waals surface area (Å²) in [4.78, 5) is 11.4.